The van der Waals surface area contributed by atoms with Crippen LogP contribution in [0.2, 0.25) is 0 Å². The molecule has 372 valence electrons. The number of unbranched alkanes of at least 4 members (excludes halogenated alkanes) is 19. The SMILES string of the molecule is CC/C=C\C/C=C\C/C=C\C/C=C\C/C=C\C/C=C\C/C=C\CC(=O)NCCOP(=O)(O)OCC(O)COC(=O)CCCCCCCCCCCCCCC/C=C/CCCCCCCC. The summed E-state index contributed by atoms with van der Waals surface area (Å²) < 4.78 is 26.9. The molecule has 0 aliphatic heterocycles. The predicted octanol–water partition coefficient (Wildman–Crippen LogP) is 15.3. The highest BCUT2D eigenvalue weighted by Crippen LogP contribution is 2.42. The van der Waals surface area contributed by atoms with Gasteiger partial charge in [0.1, 0.15) is 12.7 Å². The van der Waals surface area contributed by atoms with E-state index >= 15 is 0 Å². The predicted molar refractivity (Wildman–Crippen MR) is 275 cm³/mol. The second-order valence-electron chi connectivity index (χ2n) is 16.8. The standard InChI is InChI=1S/C55H94NO8P/c1-3-5-7-9-11-13-15-17-19-21-23-25-26-28-30-32-34-36-38-40-42-44-46-48-55(59)62-51-53(57)52-64-65(60,61)63-50-49-56-54(58)47-45-43-41-39-37-35-33-31-29-27-24-22-20-18-16-14-12-10-8-6-4-2/h6,8,12,14,17-20,24,27,31,33,37,39,43,45,53,57H,3-5,7,9-11,13,15-16,21-23,25-26,28-30,32,34-36,38,40-42,44,46-52H2,1-2H3,(H,56,58)(H,60,61)/b8-6-,14-12-,19-17+,20-18-,27-24-,33-31-,39-37-,45-43-. The van der Waals surface area contributed by atoms with E-state index in [4.69, 9.17) is 13.8 Å². The quantitative estimate of drug-likeness (QED) is 0.0238. The monoisotopic (exact) mass is 928 g/mol. The van der Waals surface area contributed by atoms with Gasteiger partial charge in [0.2, 0.25) is 5.91 Å². The van der Waals surface area contributed by atoms with Gasteiger partial charge in [-0.1, -0.05) is 214 Å². The minimum Gasteiger partial charge on any atom is -0.463 e. The molecule has 0 saturated carbocycles. The Morgan fingerprint density at radius 3 is 1.35 bits per heavy atom. The number of ether oxygens (including phenoxy) is 1. The van der Waals surface area contributed by atoms with Gasteiger partial charge in [-0.3, -0.25) is 18.6 Å². The topological polar surface area (TPSA) is 131 Å². The second-order valence-corrected chi connectivity index (χ2v) is 18.2. The second kappa shape index (κ2) is 50.3. The summed E-state index contributed by atoms with van der Waals surface area (Å²) in [5, 5.41) is 12.7. The van der Waals surface area contributed by atoms with Crippen molar-refractivity contribution in [2.45, 2.75) is 213 Å². The van der Waals surface area contributed by atoms with Crippen molar-refractivity contribution in [2.75, 3.05) is 26.4 Å². The number of phosphoric acid groups is 1. The number of rotatable bonds is 47. The number of nitrogens with one attached hydrogen (secondary N) is 1. The van der Waals surface area contributed by atoms with Crippen molar-refractivity contribution in [3.05, 3.63) is 97.2 Å². The van der Waals surface area contributed by atoms with E-state index in [1.54, 1.807) is 6.08 Å². The number of hydrogen-bond acceptors (Lipinski definition) is 7. The fraction of sp³-hybridized carbons (Fsp3) is 0.673. The Hall–Kier alpha value is -3.07. The van der Waals surface area contributed by atoms with Crippen LogP contribution in [0.3, 0.4) is 0 Å². The van der Waals surface area contributed by atoms with Crippen LogP contribution in [0.15, 0.2) is 97.2 Å². The van der Waals surface area contributed by atoms with Gasteiger partial charge in [0.05, 0.1) is 13.2 Å². The van der Waals surface area contributed by atoms with Crippen LogP contribution in [0.5, 0.6) is 0 Å². The largest absolute Gasteiger partial charge is 0.472 e. The Kier molecular flexibility index (Phi) is 48.0. The molecule has 65 heavy (non-hydrogen) atoms. The first-order valence-corrected chi connectivity index (χ1v) is 27.2. The number of phosphoric ester groups is 1. The first kappa shape index (κ1) is 61.9. The highest BCUT2D eigenvalue weighted by atomic mass is 31.2. The molecular formula is C55H94NO8P. The fourth-order valence-corrected chi connectivity index (χ4v) is 7.44. The molecule has 0 heterocycles. The summed E-state index contributed by atoms with van der Waals surface area (Å²) in [6, 6.07) is 0. The number of aliphatic hydroxyl groups excluding tert-OH is 1. The van der Waals surface area contributed by atoms with E-state index in [9.17, 15) is 24.2 Å². The Labute approximate surface area is 397 Å². The minimum atomic E-state index is -4.45. The molecular weight excluding hydrogens is 834 g/mol. The summed E-state index contributed by atoms with van der Waals surface area (Å²) in [5.74, 6) is -0.653. The van der Waals surface area contributed by atoms with Crippen molar-refractivity contribution in [1.29, 1.82) is 0 Å². The third kappa shape index (κ3) is 51.8. The van der Waals surface area contributed by atoms with Crippen LogP contribution < -0.4 is 5.32 Å². The van der Waals surface area contributed by atoms with Gasteiger partial charge in [0.15, 0.2) is 0 Å². The van der Waals surface area contributed by atoms with Crippen LogP contribution in [-0.4, -0.2) is 54.3 Å². The zero-order chi connectivity index (χ0) is 47.4. The van der Waals surface area contributed by atoms with Crippen molar-refractivity contribution in [3.8, 4) is 0 Å². The van der Waals surface area contributed by atoms with Gasteiger partial charge in [0.25, 0.3) is 0 Å². The number of carbonyl (C=O) groups is 2. The van der Waals surface area contributed by atoms with Gasteiger partial charge < -0.3 is 20.1 Å². The molecule has 9 nitrogen and oxygen atoms in total. The molecule has 0 aliphatic rings. The molecule has 0 aromatic carbocycles. The molecule has 0 saturated heterocycles. The highest BCUT2D eigenvalue weighted by Gasteiger charge is 2.23. The molecule has 2 unspecified atom stereocenters. The number of carbonyl (C=O) groups excluding carboxylic acids is 2. The first-order valence-electron chi connectivity index (χ1n) is 25.7. The van der Waals surface area contributed by atoms with Crippen LogP contribution in [-0.2, 0) is 27.9 Å². The Balaban J connectivity index is 3.67. The zero-order valence-corrected chi connectivity index (χ0v) is 42.0. The average Bonchev–Trinajstić information content (AvgIpc) is 3.29. The molecule has 0 fully saturated rings. The Bertz CT molecular complexity index is 1380. The molecule has 3 N–H and O–H groups in total. The lowest BCUT2D eigenvalue weighted by molar-refractivity contribution is -0.147. The molecule has 0 rings (SSSR count). The van der Waals surface area contributed by atoms with Crippen LogP contribution >= 0.6 is 7.82 Å². The van der Waals surface area contributed by atoms with Crippen LogP contribution in [0.4, 0.5) is 0 Å². The van der Waals surface area contributed by atoms with Crippen molar-refractivity contribution < 1.29 is 37.9 Å². The van der Waals surface area contributed by atoms with Crippen molar-refractivity contribution in [1.82, 2.24) is 5.32 Å². The van der Waals surface area contributed by atoms with E-state index in [-0.39, 0.29) is 38.5 Å². The summed E-state index contributed by atoms with van der Waals surface area (Å²) in [7, 11) is -4.45. The number of amides is 1. The number of aliphatic hydroxyl groups is 1. The number of esters is 1. The number of hydrogen-bond donors (Lipinski definition) is 3. The van der Waals surface area contributed by atoms with E-state index in [0.717, 1.165) is 64.2 Å². The maximum absolute atomic E-state index is 12.1. The normalized spacial score (nSPS) is 14.0. The molecule has 0 spiro atoms. The Morgan fingerprint density at radius 1 is 0.508 bits per heavy atom. The Morgan fingerprint density at radius 2 is 0.908 bits per heavy atom. The van der Waals surface area contributed by atoms with E-state index < -0.39 is 26.5 Å². The fourth-order valence-electron chi connectivity index (χ4n) is 6.69. The van der Waals surface area contributed by atoms with E-state index in [1.165, 1.54) is 116 Å². The lowest BCUT2D eigenvalue weighted by Crippen LogP contribution is -2.26. The summed E-state index contributed by atoms with van der Waals surface area (Å²) >= 11 is 0. The van der Waals surface area contributed by atoms with Gasteiger partial charge >= 0.3 is 13.8 Å². The summed E-state index contributed by atoms with van der Waals surface area (Å²) in [5.41, 5.74) is 0. The molecule has 2 atom stereocenters. The van der Waals surface area contributed by atoms with E-state index in [0.29, 0.717) is 0 Å². The third-order valence-corrected chi connectivity index (χ3v) is 11.5. The third-order valence-electron chi connectivity index (χ3n) is 10.5. The summed E-state index contributed by atoms with van der Waals surface area (Å²) in [4.78, 5) is 34.0. The van der Waals surface area contributed by atoms with Crippen molar-refractivity contribution >= 4 is 19.7 Å². The van der Waals surface area contributed by atoms with Gasteiger partial charge in [-0.15, -0.1) is 0 Å². The summed E-state index contributed by atoms with van der Waals surface area (Å²) in [6.45, 7) is 3.32. The maximum Gasteiger partial charge on any atom is 0.472 e. The molecule has 0 radical (unpaired) electrons. The van der Waals surface area contributed by atoms with Crippen molar-refractivity contribution in [2.24, 2.45) is 0 Å². The van der Waals surface area contributed by atoms with Gasteiger partial charge in [-0.2, -0.15) is 0 Å². The zero-order valence-electron chi connectivity index (χ0n) is 41.1. The molecule has 0 aromatic heterocycles. The molecule has 10 heteroatoms. The molecule has 0 bridgehead atoms. The highest BCUT2D eigenvalue weighted by molar-refractivity contribution is 7.47. The lowest BCUT2D eigenvalue weighted by atomic mass is 10.0. The lowest BCUT2D eigenvalue weighted by Gasteiger charge is -2.15. The minimum absolute atomic E-state index is 0.0199. The van der Waals surface area contributed by atoms with Crippen LogP contribution in [0, 0.1) is 0 Å². The van der Waals surface area contributed by atoms with Gasteiger partial charge in [-0.05, 0) is 77.0 Å². The van der Waals surface area contributed by atoms with Gasteiger partial charge in [0, 0.05) is 19.4 Å². The smallest absolute Gasteiger partial charge is 0.463 e. The van der Waals surface area contributed by atoms with E-state index in [2.05, 4.69) is 98.2 Å². The molecule has 1 amide bonds. The molecule has 0 aliphatic carbocycles. The van der Waals surface area contributed by atoms with E-state index in [1.807, 2.05) is 12.2 Å². The van der Waals surface area contributed by atoms with Crippen LogP contribution in [0.1, 0.15) is 206 Å². The maximum atomic E-state index is 12.1. The van der Waals surface area contributed by atoms with Crippen molar-refractivity contribution in [3.63, 3.8) is 0 Å². The molecule has 0 aromatic rings. The number of allylic oxidation sites excluding steroid dienone is 15. The van der Waals surface area contributed by atoms with Crippen LogP contribution in [0.25, 0.3) is 0 Å². The average molecular weight is 928 g/mol. The summed E-state index contributed by atoms with van der Waals surface area (Å²) in [6.07, 6.45) is 66.6. The first-order chi connectivity index (χ1) is 31.8. The van der Waals surface area contributed by atoms with Gasteiger partial charge in [-0.25, -0.2) is 4.57 Å².